The zero-order chi connectivity index (χ0) is 11.6. The second-order valence-electron chi connectivity index (χ2n) is 4.61. The fraction of sp³-hybridized carbons (Fsp3) is 0.538. The van der Waals surface area contributed by atoms with Crippen LogP contribution in [-0.2, 0) is 0 Å². The van der Waals surface area contributed by atoms with E-state index in [-0.39, 0.29) is 5.92 Å². The predicted molar refractivity (Wildman–Crippen MR) is 65.9 cm³/mol. The van der Waals surface area contributed by atoms with E-state index in [4.69, 9.17) is 11.6 Å². The van der Waals surface area contributed by atoms with Crippen LogP contribution in [0.3, 0.4) is 0 Å². The Morgan fingerprint density at radius 2 is 1.87 bits per heavy atom. The summed E-state index contributed by atoms with van der Waals surface area (Å²) in [5.74, 6) is 1.57. The lowest BCUT2D eigenvalue weighted by atomic mass is 9.84. The molecule has 1 nitrogen and oxygen atoms in total. The first-order chi connectivity index (χ1) is 6.91. The molecule has 0 bridgehead atoms. The molecule has 0 aliphatic heterocycles. The van der Waals surface area contributed by atoms with Gasteiger partial charge in [-0.2, -0.15) is 0 Å². The molecule has 0 spiro atoms. The zero-order valence-corrected chi connectivity index (χ0v) is 10.5. The summed E-state index contributed by atoms with van der Waals surface area (Å²) in [6.07, 6.45) is 5.62. The molecule has 1 aliphatic carbocycles. The Kier molecular flexibility index (Phi) is 4.04. The van der Waals surface area contributed by atoms with Crippen molar-refractivity contribution in [2.45, 2.75) is 27.7 Å². The Morgan fingerprint density at radius 3 is 2.40 bits per heavy atom. The third kappa shape index (κ3) is 3.13. The lowest BCUT2D eigenvalue weighted by Crippen LogP contribution is -2.13. The maximum atomic E-state index is 9.67. The molecular formula is C13H19ClO. The molecule has 0 aromatic carbocycles. The van der Waals surface area contributed by atoms with Gasteiger partial charge in [-0.3, -0.25) is 0 Å². The standard InChI is InChI=1S/C13H19ClO/c1-8(2)10(4)11-6-12(15)5-9(3)13(14)7-11/h5-8,10-11,15H,1-4H3. The summed E-state index contributed by atoms with van der Waals surface area (Å²) in [4.78, 5) is 0. The number of hydrogen-bond donors (Lipinski definition) is 1. The van der Waals surface area contributed by atoms with E-state index in [0.717, 1.165) is 10.6 Å². The van der Waals surface area contributed by atoms with Crippen molar-refractivity contribution >= 4 is 11.6 Å². The molecule has 0 aromatic rings. The van der Waals surface area contributed by atoms with Gasteiger partial charge in [-0.1, -0.05) is 38.4 Å². The molecule has 15 heavy (non-hydrogen) atoms. The molecule has 2 atom stereocenters. The van der Waals surface area contributed by atoms with Crippen molar-refractivity contribution in [2.75, 3.05) is 0 Å². The van der Waals surface area contributed by atoms with Crippen LogP contribution in [0.1, 0.15) is 27.7 Å². The summed E-state index contributed by atoms with van der Waals surface area (Å²) < 4.78 is 0. The fourth-order valence-corrected chi connectivity index (χ4v) is 1.83. The quantitative estimate of drug-likeness (QED) is 0.739. The van der Waals surface area contributed by atoms with Crippen LogP contribution in [0.5, 0.6) is 0 Å². The average Bonchev–Trinajstić information content (AvgIpc) is 2.25. The number of halogens is 1. The predicted octanol–water partition coefficient (Wildman–Crippen LogP) is 4.42. The largest absolute Gasteiger partial charge is 0.508 e. The fourth-order valence-electron chi connectivity index (χ4n) is 1.63. The van der Waals surface area contributed by atoms with Crippen molar-refractivity contribution in [3.05, 3.63) is 34.6 Å². The molecular weight excluding hydrogens is 208 g/mol. The molecule has 0 amide bonds. The Morgan fingerprint density at radius 1 is 1.27 bits per heavy atom. The minimum absolute atomic E-state index is 0.214. The third-order valence-electron chi connectivity index (χ3n) is 3.10. The van der Waals surface area contributed by atoms with Crippen LogP contribution in [0, 0.1) is 17.8 Å². The molecule has 0 saturated heterocycles. The van der Waals surface area contributed by atoms with Crippen LogP contribution < -0.4 is 0 Å². The molecule has 1 aliphatic rings. The maximum Gasteiger partial charge on any atom is 0.112 e. The first kappa shape index (κ1) is 12.4. The smallest absolute Gasteiger partial charge is 0.112 e. The van der Waals surface area contributed by atoms with E-state index in [1.54, 1.807) is 6.08 Å². The van der Waals surface area contributed by atoms with Gasteiger partial charge < -0.3 is 5.11 Å². The van der Waals surface area contributed by atoms with Crippen molar-refractivity contribution in [1.29, 1.82) is 0 Å². The van der Waals surface area contributed by atoms with Gasteiger partial charge in [0.1, 0.15) is 5.76 Å². The Bertz CT molecular complexity index is 323. The van der Waals surface area contributed by atoms with Gasteiger partial charge >= 0.3 is 0 Å². The number of rotatable bonds is 2. The molecule has 0 heterocycles. The van der Waals surface area contributed by atoms with Crippen molar-refractivity contribution in [2.24, 2.45) is 17.8 Å². The zero-order valence-electron chi connectivity index (χ0n) is 9.79. The second-order valence-corrected chi connectivity index (χ2v) is 5.02. The number of allylic oxidation sites excluding steroid dienone is 5. The van der Waals surface area contributed by atoms with Gasteiger partial charge in [0, 0.05) is 11.0 Å². The lowest BCUT2D eigenvalue weighted by molar-refractivity contribution is 0.354. The Hall–Kier alpha value is -0.690. The van der Waals surface area contributed by atoms with E-state index in [1.807, 2.05) is 19.1 Å². The van der Waals surface area contributed by atoms with Gasteiger partial charge in [0.2, 0.25) is 0 Å². The first-order valence-electron chi connectivity index (χ1n) is 5.38. The van der Waals surface area contributed by atoms with E-state index in [9.17, 15) is 5.11 Å². The number of hydrogen-bond acceptors (Lipinski definition) is 1. The van der Waals surface area contributed by atoms with Gasteiger partial charge in [-0.05, 0) is 36.5 Å². The second kappa shape index (κ2) is 4.89. The van der Waals surface area contributed by atoms with Crippen LogP contribution >= 0.6 is 11.6 Å². The van der Waals surface area contributed by atoms with Gasteiger partial charge in [0.25, 0.3) is 0 Å². The summed E-state index contributed by atoms with van der Waals surface area (Å²) in [5, 5.41) is 10.4. The highest BCUT2D eigenvalue weighted by molar-refractivity contribution is 6.32. The number of aliphatic hydroxyl groups is 1. The molecule has 1 rings (SSSR count). The normalized spacial score (nSPS) is 24.1. The number of aliphatic hydroxyl groups excluding tert-OH is 1. The van der Waals surface area contributed by atoms with Crippen LogP contribution in [0.4, 0.5) is 0 Å². The van der Waals surface area contributed by atoms with Crippen LogP contribution in [0.25, 0.3) is 0 Å². The van der Waals surface area contributed by atoms with Crippen LogP contribution in [0.15, 0.2) is 34.6 Å². The lowest BCUT2D eigenvalue weighted by Gasteiger charge is -2.21. The molecule has 2 unspecified atom stereocenters. The summed E-state index contributed by atoms with van der Waals surface area (Å²) in [5.41, 5.74) is 0.920. The van der Waals surface area contributed by atoms with Gasteiger partial charge in [0.15, 0.2) is 0 Å². The highest BCUT2D eigenvalue weighted by Gasteiger charge is 2.19. The van der Waals surface area contributed by atoms with Crippen molar-refractivity contribution < 1.29 is 5.11 Å². The van der Waals surface area contributed by atoms with Gasteiger partial charge in [-0.25, -0.2) is 0 Å². The Balaban J connectivity index is 2.98. The highest BCUT2D eigenvalue weighted by Crippen LogP contribution is 2.30. The minimum atomic E-state index is 0.214. The van der Waals surface area contributed by atoms with Crippen molar-refractivity contribution in [3.8, 4) is 0 Å². The van der Waals surface area contributed by atoms with Gasteiger partial charge in [-0.15, -0.1) is 0 Å². The van der Waals surface area contributed by atoms with Crippen LogP contribution in [-0.4, -0.2) is 5.11 Å². The van der Waals surface area contributed by atoms with Crippen LogP contribution in [0.2, 0.25) is 0 Å². The molecule has 84 valence electrons. The monoisotopic (exact) mass is 226 g/mol. The van der Waals surface area contributed by atoms with Crippen molar-refractivity contribution in [3.63, 3.8) is 0 Å². The molecule has 0 aromatic heterocycles. The molecule has 0 radical (unpaired) electrons. The highest BCUT2D eigenvalue weighted by atomic mass is 35.5. The topological polar surface area (TPSA) is 20.2 Å². The minimum Gasteiger partial charge on any atom is -0.508 e. The SMILES string of the molecule is CC1=CC(O)=CC(C(C)C(C)C)C=C1Cl. The maximum absolute atomic E-state index is 9.67. The van der Waals surface area contributed by atoms with E-state index < -0.39 is 0 Å². The van der Waals surface area contributed by atoms with Gasteiger partial charge in [0.05, 0.1) is 0 Å². The Labute approximate surface area is 97.1 Å². The molecule has 0 fully saturated rings. The van der Waals surface area contributed by atoms with E-state index in [1.165, 1.54) is 0 Å². The average molecular weight is 227 g/mol. The molecule has 2 heteroatoms. The summed E-state index contributed by atoms with van der Waals surface area (Å²) >= 11 is 6.13. The summed E-state index contributed by atoms with van der Waals surface area (Å²) in [7, 11) is 0. The third-order valence-corrected chi connectivity index (χ3v) is 3.53. The van der Waals surface area contributed by atoms with Crippen molar-refractivity contribution in [1.82, 2.24) is 0 Å². The molecule has 0 saturated carbocycles. The molecule has 1 N–H and O–H groups in total. The summed E-state index contributed by atoms with van der Waals surface area (Å²) in [6.45, 7) is 8.46. The van der Waals surface area contributed by atoms with E-state index in [0.29, 0.717) is 17.6 Å². The van der Waals surface area contributed by atoms with E-state index in [2.05, 4.69) is 20.8 Å². The summed E-state index contributed by atoms with van der Waals surface area (Å²) in [6, 6.07) is 0. The van der Waals surface area contributed by atoms with E-state index >= 15 is 0 Å². The first-order valence-corrected chi connectivity index (χ1v) is 5.76.